The summed E-state index contributed by atoms with van der Waals surface area (Å²) in [7, 11) is 3.28. The molecule has 11 nitrogen and oxygen atoms in total. The Bertz CT molecular complexity index is 1490. The highest BCUT2D eigenvalue weighted by molar-refractivity contribution is 6.33. The second-order valence-electron chi connectivity index (χ2n) is 10.7. The number of likely N-dealkylation sites (tertiary alicyclic amines) is 1. The summed E-state index contributed by atoms with van der Waals surface area (Å²) in [5.41, 5.74) is 1.95. The number of halogens is 1. The van der Waals surface area contributed by atoms with Crippen molar-refractivity contribution in [2.45, 2.75) is 44.9 Å². The maximum absolute atomic E-state index is 13.3. The highest BCUT2D eigenvalue weighted by Crippen LogP contribution is 2.33. The number of hydrogen-bond donors (Lipinski definition) is 1. The molecule has 4 bridgehead atoms. The number of rotatable bonds is 3. The van der Waals surface area contributed by atoms with Crippen molar-refractivity contribution >= 4 is 29.3 Å². The minimum absolute atomic E-state index is 0.0657. The van der Waals surface area contributed by atoms with Gasteiger partial charge in [-0.3, -0.25) is 19.1 Å². The van der Waals surface area contributed by atoms with Gasteiger partial charge in [-0.25, -0.2) is 0 Å². The Kier molecular flexibility index (Phi) is 9.52. The summed E-state index contributed by atoms with van der Waals surface area (Å²) in [6.07, 6.45) is 2.25. The zero-order valence-corrected chi connectivity index (χ0v) is 25.3. The lowest BCUT2D eigenvalue weighted by atomic mass is 10.0. The Morgan fingerprint density at radius 3 is 2.74 bits per heavy atom. The molecule has 43 heavy (non-hydrogen) atoms. The smallest absolute Gasteiger partial charge is 0.276 e. The summed E-state index contributed by atoms with van der Waals surface area (Å²) in [6, 6.07) is 12.8. The van der Waals surface area contributed by atoms with Gasteiger partial charge in [0.05, 0.1) is 37.4 Å². The van der Waals surface area contributed by atoms with Gasteiger partial charge in [0.1, 0.15) is 5.75 Å². The van der Waals surface area contributed by atoms with Gasteiger partial charge in [0.2, 0.25) is 11.8 Å². The highest BCUT2D eigenvalue weighted by atomic mass is 35.5. The van der Waals surface area contributed by atoms with Crippen molar-refractivity contribution in [3.8, 4) is 17.2 Å². The molecule has 1 fully saturated rings. The zero-order chi connectivity index (χ0) is 30.5. The van der Waals surface area contributed by atoms with Gasteiger partial charge in [-0.05, 0) is 55.2 Å². The van der Waals surface area contributed by atoms with Gasteiger partial charge in [0.15, 0.2) is 17.2 Å². The first kappa shape index (κ1) is 30.4. The van der Waals surface area contributed by atoms with Crippen LogP contribution in [0.15, 0.2) is 48.7 Å². The van der Waals surface area contributed by atoms with Gasteiger partial charge in [-0.15, -0.1) is 0 Å². The molecule has 0 unspecified atom stereocenters. The van der Waals surface area contributed by atoms with E-state index in [1.807, 2.05) is 49.4 Å². The first-order valence-corrected chi connectivity index (χ1v) is 14.7. The zero-order valence-electron chi connectivity index (χ0n) is 24.5. The van der Waals surface area contributed by atoms with E-state index < -0.39 is 6.10 Å². The lowest BCUT2D eigenvalue weighted by Gasteiger charge is -2.38. The van der Waals surface area contributed by atoms with Crippen molar-refractivity contribution in [3.05, 3.63) is 70.5 Å². The minimum Gasteiger partial charge on any atom is -0.493 e. The molecule has 3 aromatic rings. The fourth-order valence-corrected chi connectivity index (χ4v) is 5.65. The van der Waals surface area contributed by atoms with Crippen molar-refractivity contribution in [2.24, 2.45) is 7.05 Å². The molecule has 2 aromatic carbocycles. The van der Waals surface area contributed by atoms with Gasteiger partial charge < -0.3 is 29.3 Å². The number of nitrogens with zero attached hydrogens (tertiary/aromatic N) is 4. The van der Waals surface area contributed by atoms with Gasteiger partial charge in [-0.2, -0.15) is 5.10 Å². The van der Waals surface area contributed by atoms with Crippen LogP contribution < -0.4 is 14.8 Å². The summed E-state index contributed by atoms with van der Waals surface area (Å²) in [4.78, 5) is 42.8. The summed E-state index contributed by atoms with van der Waals surface area (Å²) in [6.45, 7) is 3.02. The lowest BCUT2D eigenvalue weighted by molar-refractivity contribution is -0.136. The number of nitrogens with one attached hydrogen (secondary N) is 1. The Balaban J connectivity index is 1.42. The van der Waals surface area contributed by atoms with Gasteiger partial charge in [0, 0.05) is 39.3 Å². The van der Waals surface area contributed by atoms with Crippen LogP contribution in [0.1, 0.15) is 41.4 Å². The van der Waals surface area contributed by atoms with Crippen LogP contribution in [-0.2, 0) is 34.4 Å². The molecule has 228 valence electrons. The molecule has 5 rings (SSSR count). The molecule has 2 aliphatic rings. The monoisotopic (exact) mass is 609 g/mol. The maximum atomic E-state index is 13.3. The van der Waals surface area contributed by atoms with E-state index in [9.17, 15) is 14.4 Å². The normalized spacial score (nSPS) is 19.9. The molecule has 0 aliphatic carbocycles. The van der Waals surface area contributed by atoms with E-state index in [1.165, 1.54) is 4.68 Å². The van der Waals surface area contributed by atoms with Gasteiger partial charge in [-0.1, -0.05) is 29.8 Å². The number of piperidine rings is 1. The SMILES string of the molecule is CCN1CC(=O)N[C@H]2CCN(C(=O)c3nn(C)cc3Cl)C[C@@H]2OCc2cccc(c2)Oc2cc(ccc2OC)CCC1=O. The predicted octanol–water partition coefficient (Wildman–Crippen LogP) is 3.59. The number of carbonyl (C=O) groups excluding carboxylic acids is 3. The average Bonchev–Trinajstić information content (AvgIpc) is 3.35. The molecule has 3 amide bonds. The summed E-state index contributed by atoms with van der Waals surface area (Å²) in [5.74, 6) is 1.01. The summed E-state index contributed by atoms with van der Waals surface area (Å²) < 4.78 is 19.6. The first-order valence-electron chi connectivity index (χ1n) is 14.3. The molecule has 0 radical (unpaired) electrons. The van der Waals surface area contributed by atoms with E-state index >= 15 is 0 Å². The molecule has 1 saturated heterocycles. The Morgan fingerprint density at radius 1 is 1.16 bits per heavy atom. The van der Waals surface area contributed by atoms with Crippen LogP contribution in [-0.4, -0.2) is 82.7 Å². The number of amides is 3. The van der Waals surface area contributed by atoms with Crippen LogP contribution in [0.2, 0.25) is 5.02 Å². The van der Waals surface area contributed by atoms with E-state index in [0.29, 0.717) is 43.2 Å². The lowest BCUT2D eigenvalue weighted by Crippen LogP contribution is -2.57. The number of aromatic nitrogens is 2. The minimum atomic E-state index is -0.518. The second kappa shape index (κ2) is 13.5. The molecule has 0 spiro atoms. The molecule has 0 saturated carbocycles. The number of carbonyl (C=O) groups is 3. The van der Waals surface area contributed by atoms with E-state index in [0.717, 1.165) is 11.1 Å². The average molecular weight is 610 g/mol. The molecule has 3 heterocycles. The maximum Gasteiger partial charge on any atom is 0.276 e. The standard InChI is InChI=1S/C31H36ClN5O6/c1-4-36-18-28(38)33-24-12-13-37(31(40)30-23(32)16-35(2)34-30)17-27(24)42-19-21-6-5-7-22(14-21)43-26-15-20(9-11-29(36)39)8-10-25(26)41-3/h5-8,10,14-16,24,27H,4,9,11-13,17-19H2,1-3H3,(H,33,38)/t24-,27-/m0/s1. The van der Waals surface area contributed by atoms with Crippen LogP contribution >= 0.6 is 11.6 Å². The van der Waals surface area contributed by atoms with Crippen LogP contribution in [0.3, 0.4) is 0 Å². The molecule has 1 aromatic heterocycles. The van der Waals surface area contributed by atoms with Crippen LogP contribution in [0.5, 0.6) is 17.2 Å². The van der Waals surface area contributed by atoms with Crippen molar-refractivity contribution in [2.75, 3.05) is 33.3 Å². The number of aryl methyl sites for hydroxylation is 2. The summed E-state index contributed by atoms with van der Waals surface area (Å²) in [5, 5.41) is 7.56. The molecular formula is C31H36ClN5O6. The molecule has 2 atom stereocenters. The van der Waals surface area contributed by atoms with E-state index in [4.69, 9.17) is 25.8 Å². The second-order valence-corrected chi connectivity index (χ2v) is 11.1. The topological polar surface area (TPSA) is 115 Å². The molecule has 12 heteroatoms. The largest absolute Gasteiger partial charge is 0.493 e. The van der Waals surface area contributed by atoms with E-state index in [1.54, 1.807) is 30.2 Å². The predicted molar refractivity (Wildman–Crippen MR) is 159 cm³/mol. The van der Waals surface area contributed by atoms with Gasteiger partial charge >= 0.3 is 0 Å². The fourth-order valence-electron chi connectivity index (χ4n) is 5.39. The number of methoxy groups -OCH3 is 1. The van der Waals surface area contributed by atoms with E-state index in [-0.39, 0.29) is 60.6 Å². The first-order chi connectivity index (χ1) is 20.7. The number of hydrogen-bond acceptors (Lipinski definition) is 7. The third-order valence-electron chi connectivity index (χ3n) is 7.69. The van der Waals surface area contributed by atoms with Crippen molar-refractivity contribution in [1.82, 2.24) is 24.9 Å². The Labute approximate surface area is 255 Å². The highest BCUT2D eigenvalue weighted by Gasteiger charge is 2.35. The third kappa shape index (κ3) is 7.29. The summed E-state index contributed by atoms with van der Waals surface area (Å²) >= 11 is 6.26. The molecular weight excluding hydrogens is 574 g/mol. The molecule has 1 N–H and O–H groups in total. The number of ether oxygens (including phenoxy) is 3. The Morgan fingerprint density at radius 2 is 2.00 bits per heavy atom. The number of likely N-dealkylation sites (N-methyl/N-ethyl adjacent to an activating group) is 1. The number of benzene rings is 2. The van der Waals surface area contributed by atoms with Crippen molar-refractivity contribution in [3.63, 3.8) is 0 Å². The third-order valence-corrected chi connectivity index (χ3v) is 7.97. The van der Waals surface area contributed by atoms with Crippen molar-refractivity contribution in [1.29, 1.82) is 0 Å². The Hall–Kier alpha value is -4.09. The van der Waals surface area contributed by atoms with Gasteiger partial charge in [0.25, 0.3) is 5.91 Å². The van der Waals surface area contributed by atoms with Crippen LogP contribution in [0.4, 0.5) is 0 Å². The van der Waals surface area contributed by atoms with Crippen LogP contribution in [0.25, 0.3) is 0 Å². The van der Waals surface area contributed by atoms with Crippen LogP contribution in [0, 0.1) is 0 Å². The number of fused-ring (bicyclic) bond motifs is 5. The quantitative estimate of drug-likeness (QED) is 0.483. The fraction of sp³-hybridized carbons (Fsp3) is 0.419. The van der Waals surface area contributed by atoms with Crippen molar-refractivity contribution < 1.29 is 28.6 Å². The molecule has 2 aliphatic heterocycles. The van der Waals surface area contributed by atoms with E-state index in [2.05, 4.69) is 10.4 Å².